The number of nitrogens with one attached hydrogen (secondary N) is 1. The minimum Gasteiger partial charge on any atom is -0.338 e. The Balaban J connectivity index is 1.73. The molecule has 0 bridgehead atoms. The molecule has 0 aromatic heterocycles. The lowest BCUT2D eigenvalue weighted by atomic mass is 10.1. The summed E-state index contributed by atoms with van der Waals surface area (Å²) in [5.41, 5.74) is 0.909. The van der Waals surface area contributed by atoms with Gasteiger partial charge in [0.2, 0.25) is 0 Å². The van der Waals surface area contributed by atoms with Crippen molar-refractivity contribution in [1.82, 2.24) is 10.2 Å². The largest absolute Gasteiger partial charge is 0.338 e. The number of carbonyl (C=O) groups excluding carboxylic acids is 1. The van der Waals surface area contributed by atoms with E-state index in [1.807, 2.05) is 11.0 Å². The zero-order valence-corrected chi connectivity index (χ0v) is 9.79. The van der Waals surface area contributed by atoms with Crippen molar-refractivity contribution in [1.29, 1.82) is 0 Å². The molecule has 17 heavy (non-hydrogen) atoms. The summed E-state index contributed by atoms with van der Waals surface area (Å²) in [4.78, 5) is 13.5. The summed E-state index contributed by atoms with van der Waals surface area (Å²) in [6.07, 6.45) is 2.85. The van der Waals surface area contributed by atoms with Crippen LogP contribution in [0.15, 0.2) is 24.3 Å². The van der Waals surface area contributed by atoms with E-state index < -0.39 is 0 Å². The van der Waals surface area contributed by atoms with Crippen LogP contribution in [0.25, 0.3) is 0 Å². The predicted octanol–water partition coefficient (Wildman–Crippen LogP) is 2.17. The highest BCUT2D eigenvalue weighted by atomic mass is 19.1. The minimum absolute atomic E-state index is 0.00102. The van der Waals surface area contributed by atoms with E-state index in [4.69, 9.17) is 0 Å². The van der Waals surface area contributed by atoms with Gasteiger partial charge in [-0.1, -0.05) is 12.1 Å². The normalized spacial score (nSPS) is 15.0. The van der Waals surface area contributed by atoms with Crippen LogP contribution < -0.4 is 5.32 Å². The van der Waals surface area contributed by atoms with Gasteiger partial charge in [0.05, 0.1) is 0 Å². The van der Waals surface area contributed by atoms with Gasteiger partial charge >= 0.3 is 6.03 Å². The molecule has 0 aliphatic carbocycles. The maximum atomic E-state index is 12.9. The van der Waals surface area contributed by atoms with Gasteiger partial charge in [-0.05, 0) is 37.0 Å². The number of urea groups is 1. The number of nitrogens with zero attached hydrogens (tertiary/aromatic N) is 1. The molecule has 0 atom stereocenters. The quantitative estimate of drug-likeness (QED) is 0.857. The molecule has 0 saturated carbocycles. The molecule has 2 amide bonds. The molecule has 1 aromatic carbocycles. The lowest BCUT2D eigenvalue weighted by Gasteiger charge is -2.16. The smallest absolute Gasteiger partial charge is 0.317 e. The number of rotatable bonds is 3. The number of amides is 2. The predicted molar refractivity (Wildman–Crippen MR) is 64.3 cm³/mol. The number of hydrogen-bond acceptors (Lipinski definition) is 1. The Morgan fingerprint density at radius 2 is 2.12 bits per heavy atom. The molecule has 1 aliphatic rings. The van der Waals surface area contributed by atoms with E-state index in [1.165, 1.54) is 12.1 Å². The van der Waals surface area contributed by atoms with Crippen LogP contribution in [-0.2, 0) is 6.42 Å². The van der Waals surface area contributed by atoms with E-state index in [2.05, 4.69) is 5.32 Å². The molecule has 3 nitrogen and oxygen atoms in total. The fourth-order valence-electron chi connectivity index (χ4n) is 2.04. The standard InChI is InChI=1S/C13H17FN2O/c14-12-5-3-4-11(10-12)6-7-15-13(17)16-8-1-2-9-16/h3-5,10H,1-2,6-9H2,(H,15,17). The molecule has 2 rings (SSSR count). The monoisotopic (exact) mass is 236 g/mol. The van der Waals surface area contributed by atoms with Crippen molar-refractivity contribution in [2.75, 3.05) is 19.6 Å². The van der Waals surface area contributed by atoms with Gasteiger partial charge in [0, 0.05) is 19.6 Å². The first kappa shape index (κ1) is 11.9. The van der Waals surface area contributed by atoms with Crippen LogP contribution in [0.5, 0.6) is 0 Å². The van der Waals surface area contributed by atoms with Crippen molar-refractivity contribution in [3.63, 3.8) is 0 Å². The van der Waals surface area contributed by atoms with Gasteiger partial charge in [-0.15, -0.1) is 0 Å². The Hall–Kier alpha value is -1.58. The highest BCUT2D eigenvalue weighted by molar-refractivity contribution is 5.74. The molecule has 92 valence electrons. The second-order valence-electron chi connectivity index (χ2n) is 4.31. The van der Waals surface area contributed by atoms with Gasteiger partial charge in [-0.3, -0.25) is 0 Å². The van der Waals surface area contributed by atoms with Gasteiger partial charge in [0.15, 0.2) is 0 Å². The van der Waals surface area contributed by atoms with Crippen molar-refractivity contribution in [3.05, 3.63) is 35.6 Å². The minimum atomic E-state index is -0.228. The molecule has 1 aromatic rings. The Morgan fingerprint density at radius 1 is 1.35 bits per heavy atom. The Labute approximate surface area is 101 Å². The van der Waals surface area contributed by atoms with E-state index in [-0.39, 0.29) is 11.8 Å². The third kappa shape index (κ3) is 3.44. The van der Waals surface area contributed by atoms with Crippen molar-refractivity contribution < 1.29 is 9.18 Å². The van der Waals surface area contributed by atoms with Crippen LogP contribution in [0.3, 0.4) is 0 Å². The molecular weight excluding hydrogens is 219 g/mol. The molecular formula is C13H17FN2O. The molecule has 1 saturated heterocycles. The van der Waals surface area contributed by atoms with Crippen LogP contribution in [0.2, 0.25) is 0 Å². The van der Waals surface area contributed by atoms with E-state index >= 15 is 0 Å². The average molecular weight is 236 g/mol. The topological polar surface area (TPSA) is 32.3 Å². The maximum Gasteiger partial charge on any atom is 0.317 e. The first-order valence-corrected chi connectivity index (χ1v) is 6.03. The first-order valence-electron chi connectivity index (χ1n) is 6.03. The molecule has 4 heteroatoms. The molecule has 0 radical (unpaired) electrons. The summed E-state index contributed by atoms with van der Waals surface area (Å²) in [6, 6.07) is 6.48. The Bertz CT molecular complexity index is 389. The molecule has 0 unspecified atom stereocenters. The molecule has 1 fully saturated rings. The lowest BCUT2D eigenvalue weighted by Crippen LogP contribution is -2.38. The van der Waals surface area contributed by atoms with Crippen LogP contribution in [0.1, 0.15) is 18.4 Å². The molecule has 1 N–H and O–H groups in total. The summed E-state index contributed by atoms with van der Waals surface area (Å²) < 4.78 is 12.9. The van der Waals surface area contributed by atoms with Crippen LogP contribution in [0.4, 0.5) is 9.18 Å². The third-order valence-electron chi connectivity index (χ3n) is 2.97. The number of carbonyl (C=O) groups is 1. The zero-order valence-electron chi connectivity index (χ0n) is 9.79. The summed E-state index contributed by atoms with van der Waals surface area (Å²) in [5, 5.41) is 2.86. The summed E-state index contributed by atoms with van der Waals surface area (Å²) in [7, 11) is 0. The third-order valence-corrected chi connectivity index (χ3v) is 2.97. The van der Waals surface area contributed by atoms with E-state index in [9.17, 15) is 9.18 Å². The Morgan fingerprint density at radius 3 is 2.82 bits per heavy atom. The van der Waals surface area contributed by atoms with Gasteiger partial charge in [-0.25, -0.2) is 9.18 Å². The van der Waals surface area contributed by atoms with Gasteiger partial charge in [0.25, 0.3) is 0 Å². The number of hydrogen-bond donors (Lipinski definition) is 1. The van der Waals surface area contributed by atoms with Crippen molar-refractivity contribution >= 4 is 6.03 Å². The zero-order chi connectivity index (χ0) is 12.1. The second kappa shape index (κ2) is 5.66. The van der Waals surface area contributed by atoms with Crippen molar-refractivity contribution in [3.8, 4) is 0 Å². The number of likely N-dealkylation sites (tertiary alicyclic amines) is 1. The maximum absolute atomic E-state index is 12.9. The van der Waals surface area contributed by atoms with Gasteiger partial charge in [-0.2, -0.15) is 0 Å². The number of benzene rings is 1. The SMILES string of the molecule is O=C(NCCc1cccc(F)c1)N1CCCC1. The van der Waals surface area contributed by atoms with E-state index in [0.29, 0.717) is 13.0 Å². The first-order chi connectivity index (χ1) is 8.25. The van der Waals surface area contributed by atoms with Crippen LogP contribution in [-0.4, -0.2) is 30.6 Å². The number of halogens is 1. The fourth-order valence-corrected chi connectivity index (χ4v) is 2.04. The van der Waals surface area contributed by atoms with Crippen molar-refractivity contribution in [2.45, 2.75) is 19.3 Å². The summed E-state index contributed by atoms with van der Waals surface area (Å²) in [6.45, 7) is 2.26. The summed E-state index contributed by atoms with van der Waals surface area (Å²) >= 11 is 0. The fraction of sp³-hybridized carbons (Fsp3) is 0.462. The van der Waals surface area contributed by atoms with Crippen LogP contribution in [0, 0.1) is 5.82 Å². The Kier molecular flexibility index (Phi) is 3.96. The van der Waals surface area contributed by atoms with Crippen molar-refractivity contribution in [2.24, 2.45) is 0 Å². The highest BCUT2D eigenvalue weighted by Crippen LogP contribution is 2.07. The van der Waals surface area contributed by atoms with E-state index in [0.717, 1.165) is 31.5 Å². The summed E-state index contributed by atoms with van der Waals surface area (Å²) in [5.74, 6) is -0.228. The van der Waals surface area contributed by atoms with Gasteiger partial charge in [0.1, 0.15) is 5.82 Å². The molecule has 1 heterocycles. The average Bonchev–Trinajstić information content (AvgIpc) is 2.82. The highest BCUT2D eigenvalue weighted by Gasteiger charge is 2.16. The van der Waals surface area contributed by atoms with Crippen LogP contribution >= 0.6 is 0 Å². The van der Waals surface area contributed by atoms with Gasteiger partial charge < -0.3 is 10.2 Å². The molecule has 0 spiro atoms. The molecule has 1 aliphatic heterocycles. The lowest BCUT2D eigenvalue weighted by molar-refractivity contribution is 0.209. The van der Waals surface area contributed by atoms with E-state index in [1.54, 1.807) is 6.07 Å². The second-order valence-corrected chi connectivity index (χ2v) is 4.31.